The lowest BCUT2D eigenvalue weighted by molar-refractivity contribution is 0.0378. The van der Waals surface area contributed by atoms with Crippen molar-refractivity contribution < 1.29 is 14.3 Å². The van der Waals surface area contributed by atoms with Crippen LogP contribution in [0.5, 0.6) is 0 Å². The Labute approximate surface area is 157 Å². The van der Waals surface area contributed by atoms with E-state index in [-0.39, 0.29) is 18.0 Å². The van der Waals surface area contributed by atoms with Crippen LogP contribution in [0, 0.1) is 0 Å². The van der Waals surface area contributed by atoms with Crippen LogP contribution in [0.1, 0.15) is 34.6 Å². The first kappa shape index (κ1) is 17.6. The van der Waals surface area contributed by atoms with Crippen LogP contribution in [0.25, 0.3) is 10.2 Å². The summed E-state index contributed by atoms with van der Waals surface area (Å²) in [5.41, 5.74) is 1.72. The summed E-state index contributed by atoms with van der Waals surface area (Å²) in [5.74, 6) is -0.607. The normalized spacial score (nSPS) is 10.9. The van der Waals surface area contributed by atoms with Gasteiger partial charge in [0.2, 0.25) is 0 Å². The first-order chi connectivity index (χ1) is 11.9. The number of esters is 1. The Balaban J connectivity index is 1.81. The lowest BCUT2D eigenvalue weighted by Gasteiger charge is -2.07. The van der Waals surface area contributed by atoms with Gasteiger partial charge in [-0.25, -0.2) is 9.78 Å². The molecule has 25 heavy (non-hydrogen) atoms. The zero-order valence-electron chi connectivity index (χ0n) is 13.6. The molecule has 0 fully saturated rings. The van der Waals surface area contributed by atoms with Gasteiger partial charge < -0.3 is 4.74 Å². The van der Waals surface area contributed by atoms with Gasteiger partial charge in [0.15, 0.2) is 5.13 Å². The molecule has 1 aromatic heterocycles. The van der Waals surface area contributed by atoms with Crippen LogP contribution in [0.3, 0.4) is 0 Å². The third-order valence-electron chi connectivity index (χ3n) is 3.27. The maximum atomic E-state index is 12.3. The fourth-order valence-electron chi connectivity index (χ4n) is 2.19. The van der Waals surface area contributed by atoms with E-state index in [1.807, 2.05) is 6.07 Å². The third-order valence-corrected chi connectivity index (χ3v) is 4.70. The molecular weight excluding hydrogens is 404 g/mol. The second-order valence-electron chi connectivity index (χ2n) is 5.62. The van der Waals surface area contributed by atoms with Gasteiger partial charge >= 0.3 is 5.97 Å². The van der Waals surface area contributed by atoms with Crippen molar-refractivity contribution in [2.24, 2.45) is 0 Å². The van der Waals surface area contributed by atoms with Crippen molar-refractivity contribution in [3.8, 4) is 0 Å². The zero-order chi connectivity index (χ0) is 18.0. The minimum Gasteiger partial charge on any atom is -0.459 e. The number of carbonyl (C=O) groups is 2. The summed E-state index contributed by atoms with van der Waals surface area (Å²) in [4.78, 5) is 28.7. The number of nitrogens with one attached hydrogen (secondary N) is 1. The van der Waals surface area contributed by atoms with Gasteiger partial charge in [0.25, 0.3) is 5.91 Å². The highest BCUT2D eigenvalue weighted by molar-refractivity contribution is 9.10. The molecule has 0 aliphatic heterocycles. The molecule has 0 unspecified atom stereocenters. The Kier molecular flexibility index (Phi) is 5.15. The van der Waals surface area contributed by atoms with Crippen molar-refractivity contribution in [3.05, 3.63) is 58.1 Å². The van der Waals surface area contributed by atoms with Crippen LogP contribution < -0.4 is 5.32 Å². The predicted octanol–water partition coefficient (Wildman–Crippen LogP) is 4.88. The van der Waals surface area contributed by atoms with Crippen molar-refractivity contribution in [1.82, 2.24) is 4.98 Å². The van der Waals surface area contributed by atoms with Crippen LogP contribution in [0.2, 0.25) is 0 Å². The Morgan fingerprint density at radius 2 is 1.96 bits per heavy atom. The summed E-state index contributed by atoms with van der Waals surface area (Å²) in [7, 11) is 0. The van der Waals surface area contributed by atoms with Crippen molar-refractivity contribution in [2.45, 2.75) is 20.0 Å². The number of thiazole rings is 1. The van der Waals surface area contributed by atoms with E-state index in [2.05, 4.69) is 26.2 Å². The van der Waals surface area contributed by atoms with Gasteiger partial charge in [0.05, 0.1) is 21.9 Å². The molecule has 128 valence electrons. The van der Waals surface area contributed by atoms with Crippen LogP contribution in [0.4, 0.5) is 5.13 Å². The molecule has 1 amide bonds. The Hall–Kier alpha value is -2.25. The maximum Gasteiger partial charge on any atom is 0.338 e. The fraction of sp³-hybridized carbons (Fsp3) is 0.167. The summed E-state index contributed by atoms with van der Waals surface area (Å²) in [6.07, 6.45) is -0.176. The number of amides is 1. The van der Waals surface area contributed by atoms with Gasteiger partial charge in [0, 0.05) is 10.0 Å². The summed E-state index contributed by atoms with van der Waals surface area (Å²) >= 11 is 4.66. The lowest BCUT2D eigenvalue weighted by Crippen LogP contribution is -2.11. The molecule has 1 heterocycles. The molecule has 2 aromatic carbocycles. The molecule has 3 aromatic rings. The number of carbonyl (C=O) groups excluding carboxylic acids is 2. The van der Waals surface area contributed by atoms with E-state index in [9.17, 15) is 9.59 Å². The van der Waals surface area contributed by atoms with E-state index in [1.54, 1.807) is 50.2 Å². The standard InChI is InChI=1S/C18H15BrN2O3S/c1-10(2)24-17(23)12-6-7-14-15(9-12)25-18(20-14)21-16(22)11-4-3-5-13(19)8-11/h3-10H,1-2H3,(H,20,21,22). The molecule has 0 spiro atoms. The number of benzene rings is 2. The molecule has 0 radical (unpaired) electrons. The highest BCUT2D eigenvalue weighted by Gasteiger charge is 2.14. The number of hydrogen-bond donors (Lipinski definition) is 1. The molecule has 0 saturated heterocycles. The number of aromatic nitrogens is 1. The minimum atomic E-state index is -0.370. The number of hydrogen-bond acceptors (Lipinski definition) is 5. The Morgan fingerprint density at radius 1 is 1.16 bits per heavy atom. The van der Waals surface area contributed by atoms with Gasteiger partial charge in [-0.2, -0.15) is 0 Å². The fourth-order valence-corrected chi connectivity index (χ4v) is 3.49. The summed E-state index contributed by atoms with van der Waals surface area (Å²) in [6.45, 7) is 3.61. The van der Waals surface area contributed by atoms with Crippen molar-refractivity contribution >= 4 is 54.5 Å². The topological polar surface area (TPSA) is 68.3 Å². The quantitative estimate of drug-likeness (QED) is 0.613. The molecule has 7 heteroatoms. The number of anilines is 1. The minimum absolute atomic E-state index is 0.176. The molecule has 5 nitrogen and oxygen atoms in total. The van der Waals surface area contributed by atoms with E-state index in [0.29, 0.717) is 16.3 Å². The molecule has 0 aliphatic rings. The van der Waals surface area contributed by atoms with Crippen LogP contribution in [-0.2, 0) is 4.74 Å². The van der Waals surface area contributed by atoms with E-state index >= 15 is 0 Å². The first-order valence-corrected chi connectivity index (χ1v) is 9.22. The smallest absolute Gasteiger partial charge is 0.338 e. The van der Waals surface area contributed by atoms with Gasteiger partial charge in [-0.05, 0) is 50.2 Å². The lowest BCUT2D eigenvalue weighted by atomic mass is 10.2. The largest absolute Gasteiger partial charge is 0.459 e. The highest BCUT2D eigenvalue weighted by Crippen LogP contribution is 2.27. The molecule has 0 bridgehead atoms. The molecule has 0 atom stereocenters. The van der Waals surface area contributed by atoms with E-state index < -0.39 is 0 Å². The SMILES string of the molecule is CC(C)OC(=O)c1ccc2nc(NC(=O)c3cccc(Br)c3)sc2c1. The number of rotatable bonds is 4. The van der Waals surface area contributed by atoms with Gasteiger partial charge in [-0.1, -0.05) is 33.3 Å². The third kappa shape index (κ3) is 4.24. The second kappa shape index (κ2) is 7.33. The van der Waals surface area contributed by atoms with Crippen LogP contribution in [-0.4, -0.2) is 23.0 Å². The predicted molar refractivity (Wildman–Crippen MR) is 102 cm³/mol. The van der Waals surface area contributed by atoms with Gasteiger partial charge in [-0.3, -0.25) is 10.1 Å². The summed E-state index contributed by atoms with van der Waals surface area (Å²) in [6, 6.07) is 12.3. The highest BCUT2D eigenvalue weighted by atomic mass is 79.9. The van der Waals surface area contributed by atoms with Gasteiger partial charge in [-0.15, -0.1) is 0 Å². The summed E-state index contributed by atoms with van der Waals surface area (Å²) < 4.78 is 6.84. The van der Waals surface area contributed by atoms with Crippen molar-refractivity contribution in [2.75, 3.05) is 5.32 Å². The first-order valence-electron chi connectivity index (χ1n) is 7.61. The molecule has 0 saturated carbocycles. The average molecular weight is 419 g/mol. The zero-order valence-corrected chi connectivity index (χ0v) is 16.0. The number of halogens is 1. The van der Waals surface area contributed by atoms with E-state index in [1.165, 1.54) is 11.3 Å². The maximum absolute atomic E-state index is 12.3. The van der Waals surface area contributed by atoms with Crippen molar-refractivity contribution in [3.63, 3.8) is 0 Å². The molecule has 3 rings (SSSR count). The van der Waals surface area contributed by atoms with Gasteiger partial charge in [0.1, 0.15) is 0 Å². The number of ether oxygens (including phenoxy) is 1. The second-order valence-corrected chi connectivity index (χ2v) is 7.57. The molecule has 1 N–H and O–H groups in total. The average Bonchev–Trinajstić information content (AvgIpc) is 2.95. The molecule has 0 aliphatic carbocycles. The Bertz CT molecular complexity index is 952. The monoisotopic (exact) mass is 418 g/mol. The number of nitrogens with zero attached hydrogens (tertiary/aromatic N) is 1. The van der Waals surface area contributed by atoms with E-state index in [0.717, 1.165) is 14.7 Å². The van der Waals surface area contributed by atoms with Crippen molar-refractivity contribution in [1.29, 1.82) is 0 Å². The summed E-state index contributed by atoms with van der Waals surface area (Å²) in [5, 5.41) is 3.27. The van der Waals surface area contributed by atoms with Crippen LogP contribution >= 0.6 is 27.3 Å². The Morgan fingerprint density at radius 3 is 2.68 bits per heavy atom. The van der Waals surface area contributed by atoms with E-state index in [4.69, 9.17) is 4.74 Å². The van der Waals surface area contributed by atoms with Crippen LogP contribution in [0.15, 0.2) is 46.9 Å². The molecular formula is C18H15BrN2O3S. The number of fused-ring (bicyclic) bond motifs is 1.